The summed E-state index contributed by atoms with van der Waals surface area (Å²) in [7, 11) is 0. The van der Waals surface area contributed by atoms with Crippen LogP contribution >= 0.6 is 0 Å². The van der Waals surface area contributed by atoms with Crippen LogP contribution in [0.1, 0.15) is 106 Å². The van der Waals surface area contributed by atoms with Crippen molar-refractivity contribution in [1.82, 2.24) is 0 Å². The zero-order chi connectivity index (χ0) is 31.9. The van der Waals surface area contributed by atoms with Gasteiger partial charge >= 0.3 is 0 Å². The molecule has 0 amide bonds. The molecule has 9 heteroatoms. The van der Waals surface area contributed by atoms with Crippen molar-refractivity contribution in [3.05, 3.63) is 0 Å². The van der Waals surface area contributed by atoms with E-state index in [4.69, 9.17) is 14.2 Å². The van der Waals surface area contributed by atoms with E-state index in [9.17, 15) is 30.6 Å². The topological polar surface area (TPSA) is 149 Å². The summed E-state index contributed by atoms with van der Waals surface area (Å²) in [5.74, 6) is 0.672. The SMILES string of the molecule is CC(C)(O)[C@H]1CC[C@@](C)([C@H]2[C@@H](O)C[C@@]3(C)[C@H]4CC[C@H]5C(C)(C)[C@@H](O[C@@H]6OC[C@@H](O)[C@H](O)[C@H]6O)CC[C@@]56C[C@@]46CC[C@]23CO)O1. The van der Waals surface area contributed by atoms with E-state index < -0.39 is 47.3 Å². The van der Waals surface area contributed by atoms with Crippen LogP contribution in [0.4, 0.5) is 0 Å². The molecule has 2 saturated heterocycles. The van der Waals surface area contributed by atoms with Gasteiger partial charge in [-0.2, -0.15) is 0 Å². The van der Waals surface area contributed by atoms with E-state index in [2.05, 4.69) is 27.7 Å². The maximum Gasteiger partial charge on any atom is 0.186 e. The molecule has 252 valence electrons. The minimum atomic E-state index is -1.29. The average molecular weight is 623 g/mol. The van der Waals surface area contributed by atoms with Gasteiger partial charge in [-0.05, 0) is 118 Å². The first kappa shape index (κ1) is 32.2. The van der Waals surface area contributed by atoms with Crippen molar-refractivity contribution in [3.63, 3.8) is 0 Å². The van der Waals surface area contributed by atoms with Gasteiger partial charge in [0.25, 0.3) is 0 Å². The van der Waals surface area contributed by atoms with Crippen LogP contribution < -0.4 is 0 Å². The summed E-state index contributed by atoms with van der Waals surface area (Å²) in [6.07, 6.45) is 3.69. The fraction of sp³-hybridized carbons (Fsp3) is 1.00. The Bertz CT molecular complexity index is 1140. The van der Waals surface area contributed by atoms with E-state index in [0.717, 1.165) is 51.4 Å². The smallest absolute Gasteiger partial charge is 0.186 e. The lowest BCUT2D eigenvalue weighted by molar-refractivity contribution is -0.303. The van der Waals surface area contributed by atoms with Crippen LogP contribution in [0.2, 0.25) is 0 Å². The van der Waals surface area contributed by atoms with Crippen LogP contribution in [0.25, 0.3) is 0 Å². The van der Waals surface area contributed by atoms with Crippen LogP contribution in [0.5, 0.6) is 0 Å². The first-order valence-electron chi connectivity index (χ1n) is 17.4. The lowest BCUT2D eigenvalue weighted by atomic mass is 9.41. The van der Waals surface area contributed by atoms with Crippen LogP contribution in [0, 0.1) is 44.8 Å². The quantitative estimate of drug-likeness (QED) is 0.255. The van der Waals surface area contributed by atoms with Crippen LogP contribution in [0.15, 0.2) is 0 Å². The Balaban J connectivity index is 1.15. The maximum atomic E-state index is 11.9. The number of aliphatic hydroxyl groups excluding tert-OH is 5. The summed E-state index contributed by atoms with van der Waals surface area (Å²) >= 11 is 0. The highest BCUT2D eigenvalue weighted by molar-refractivity contribution is 5.32. The van der Waals surface area contributed by atoms with Crippen LogP contribution in [0.3, 0.4) is 0 Å². The number of hydrogen-bond donors (Lipinski definition) is 6. The van der Waals surface area contributed by atoms with Crippen molar-refractivity contribution in [2.24, 2.45) is 44.8 Å². The minimum Gasteiger partial charge on any atom is -0.396 e. The number of ether oxygens (including phenoxy) is 3. The molecule has 7 fully saturated rings. The molecule has 2 heterocycles. The fourth-order valence-electron chi connectivity index (χ4n) is 13.5. The van der Waals surface area contributed by atoms with Crippen molar-refractivity contribution >= 4 is 0 Å². The fourth-order valence-corrected chi connectivity index (χ4v) is 13.5. The molecule has 2 aliphatic heterocycles. The number of fused-ring (bicyclic) bond motifs is 2. The molecule has 7 aliphatic rings. The Morgan fingerprint density at radius 3 is 2.16 bits per heavy atom. The highest BCUT2D eigenvalue weighted by Gasteiger charge is 2.84. The van der Waals surface area contributed by atoms with Crippen molar-refractivity contribution < 1.29 is 44.8 Å². The zero-order valence-electron chi connectivity index (χ0n) is 27.7. The molecule has 9 nitrogen and oxygen atoms in total. The summed E-state index contributed by atoms with van der Waals surface area (Å²) in [4.78, 5) is 0. The summed E-state index contributed by atoms with van der Waals surface area (Å²) in [5, 5.41) is 64.8. The first-order valence-corrected chi connectivity index (χ1v) is 17.4. The minimum absolute atomic E-state index is 0.0477. The van der Waals surface area contributed by atoms with E-state index in [0.29, 0.717) is 18.3 Å². The summed E-state index contributed by atoms with van der Waals surface area (Å²) in [6, 6.07) is 0. The van der Waals surface area contributed by atoms with Crippen molar-refractivity contribution in [2.75, 3.05) is 13.2 Å². The summed E-state index contributed by atoms with van der Waals surface area (Å²) < 4.78 is 18.8. The Hall–Kier alpha value is -0.360. The molecule has 0 unspecified atom stereocenters. The van der Waals surface area contributed by atoms with Gasteiger partial charge in [0.15, 0.2) is 6.29 Å². The number of rotatable bonds is 5. The van der Waals surface area contributed by atoms with E-state index in [1.54, 1.807) is 13.8 Å². The molecular formula is C35H58O9. The monoisotopic (exact) mass is 622 g/mol. The molecule has 15 atom stereocenters. The molecular weight excluding hydrogens is 564 g/mol. The molecule has 44 heavy (non-hydrogen) atoms. The van der Waals surface area contributed by atoms with Crippen molar-refractivity contribution in [1.29, 1.82) is 0 Å². The summed E-state index contributed by atoms with van der Waals surface area (Å²) in [5.41, 5.74) is -1.98. The standard InChI is InChI=1S/C35H58O9/c1-29(2)21-7-8-22-31(5)15-19(37)27(32(6)11-9-24(44-32)30(3,4)41)35(31,18-36)14-13-34(22)17-33(21,34)12-10-23(29)43-28-26(40)25(39)20(38)16-42-28/h19-28,36-41H,7-18H2,1-6H3/t19-,20+,21-,22+,23-,24+,25-,26+,27+,28-,31-,32-,33+,34-,35-/m0/s1. The summed E-state index contributed by atoms with van der Waals surface area (Å²) in [6.45, 7) is 12.7. The second kappa shape index (κ2) is 9.85. The molecule has 5 saturated carbocycles. The average Bonchev–Trinajstić information content (AvgIpc) is 3.30. The molecule has 5 aliphatic carbocycles. The third-order valence-electron chi connectivity index (χ3n) is 15.5. The van der Waals surface area contributed by atoms with Gasteiger partial charge in [0, 0.05) is 17.9 Å². The second-order valence-electron chi connectivity index (χ2n) is 18.0. The van der Waals surface area contributed by atoms with Gasteiger partial charge in [0.05, 0.1) is 36.1 Å². The molecule has 0 aromatic rings. The Kier molecular flexibility index (Phi) is 7.21. The largest absolute Gasteiger partial charge is 0.396 e. The third kappa shape index (κ3) is 3.97. The predicted molar refractivity (Wildman–Crippen MR) is 161 cm³/mol. The van der Waals surface area contributed by atoms with Crippen molar-refractivity contribution in [3.8, 4) is 0 Å². The second-order valence-corrected chi connectivity index (χ2v) is 18.0. The van der Waals surface area contributed by atoms with Crippen LogP contribution in [-0.4, -0.2) is 98.0 Å². The molecule has 0 aromatic heterocycles. The molecule has 0 radical (unpaired) electrons. The van der Waals surface area contributed by atoms with Gasteiger partial charge in [-0.1, -0.05) is 20.8 Å². The third-order valence-corrected chi connectivity index (χ3v) is 15.5. The van der Waals surface area contributed by atoms with Gasteiger partial charge in [-0.3, -0.25) is 0 Å². The van der Waals surface area contributed by atoms with Gasteiger partial charge in [0.1, 0.15) is 18.3 Å². The first-order chi connectivity index (χ1) is 20.4. The zero-order valence-corrected chi connectivity index (χ0v) is 27.7. The van der Waals surface area contributed by atoms with E-state index in [1.165, 1.54) is 6.42 Å². The lowest BCUT2D eigenvalue weighted by Crippen LogP contribution is -2.62. The van der Waals surface area contributed by atoms with Gasteiger partial charge in [-0.15, -0.1) is 0 Å². The lowest BCUT2D eigenvalue weighted by Gasteiger charge is -2.64. The maximum absolute atomic E-state index is 11.9. The highest BCUT2D eigenvalue weighted by atomic mass is 16.7. The molecule has 7 rings (SSSR count). The Morgan fingerprint density at radius 2 is 1.50 bits per heavy atom. The normalized spacial score (nSPS) is 58.1. The molecule has 0 aromatic carbocycles. The molecule has 0 bridgehead atoms. The van der Waals surface area contributed by atoms with Gasteiger partial charge < -0.3 is 44.8 Å². The molecule has 6 N–H and O–H groups in total. The van der Waals surface area contributed by atoms with Crippen LogP contribution in [-0.2, 0) is 14.2 Å². The number of aliphatic hydroxyl groups is 6. The molecule has 2 spiro atoms. The van der Waals surface area contributed by atoms with E-state index >= 15 is 0 Å². The van der Waals surface area contributed by atoms with E-state index in [1.807, 2.05) is 0 Å². The van der Waals surface area contributed by atoms with Crippen molar-refractivity contribution in [2.45, 2.75) is 160 Å². The van der Waals surface area contributed by atoms with Gasteiger partial charge in [0.2, 0.25) is 0 Å². The highest BCUT2D eigenvalue weighted by Crippen LogP contribution is 2.89. The van der Waals surface area contributed by atoms with Gasteiger partial charge in [-0.25, -0.2) is 0 Å². The predicted octanol–water partition coefficient (Wildman–Crippen LogP) is 2.90. The Labute approximate surface area is 262 Å². The van der Waals surface area contributed by atoms with E-state index in [-0.39, 0.29) is 53.0 Å². The Morgan fingerprint density at radius 1 is 0.818 bits per heavy atom. The number of hydrogen-bond acceptors (Lipinski definition) is 9.